The second kappa shape index (κ2) is 6.03. The fourth-order valence-electron chi connectivity index (χ4n) is 2.98. The Morgan fingerprint density at radius 3 is 2.27 bits per heavy atom. The molecule has 0 N–H and O–H groups in total. The van der Waals surface area contributed by atoms with E-state index in [0.717, 1.165) is 23.4 Å². The Bertz CT molecular complexity index is 833. The molecule has 0 fully saturated rings. The molecule has 3 rings (SSSR count). The zero-order chi connectivity index (χ0) is 19.3. The Balaban J connectivity index is 1.86. The molecule has 2 aromatic rings. The first kappa shape index (κ1) is 18.3. The van der Waals surface area contributed by atoms with Gasteiger partial charge in [0, 0.05) is 18.2 Å². The average Bonchev–Trinajstić information content (AvgIpc) is 3.01. The lowest BCUT2D eigenvalue weighted by Crippen LogP contribution is -2.33. The third kappa shape index (κ3) is 3.54. The van der Waals surface area contributed by atoms with Crippen molar-refractivity contribution in [3.63, 3.8) is 0 Å². The van der Waals surface area contributed by atoms with Crippen molar-refractivity contribution in [2.24, 2.45) is 7.05 Å². The maximum absolute atomic E-state index is 12.8. The van der Waals surface area contributed by atoms with Crippen LogP contribution in [-0.2, 0) is 31.1 Å². The molecule has 0 bridgehead atoms. The normalized spacial score (nSPS) is 14.5. The van der Waals surface area contributed by atoms with Gasteiger partial charge in [-0.1, -0.05) is 12.1 Å². The van der Waals surface area contributed by atoms with Gasteiger partial charge in [-0.3, -0.25) is 9.58 Å². The van der Waals surface area contributed by atoms with Crippen molar-refractivity contribution < 1.29 is 22.7 Å². The number of aromatic nitrogens is 2. The minimum absolute atomic E-state index is 0.314. The van der Waals surface area contributed by atoms with Gasteiger partial charge in [0.25, 0.3) is 0 Å². The molecule has 8 heteroatoms. The number of carbonyl (C=O) groups is 1. The van der Waals surface area contributed by atoms with Crippen molar-refractivity contribution in [3.8, 4) is 11.3 Å². The summed E-state index contributed by atoms with van der Waals surface area (Å²) >= 11 is 0. The average molecular weight is 367 g/mol. The predicted octanol–water partition coefficient (Wildman–Crippen LogP) is 4.36. The van der Waals surface area contributed by atoms with E-state index in [2.05, 4.69) is 5.10 Å². The summed E-state index contributed by atoms with van der Waals surface area (Å²) in [5.74, 6) is 0. The van der Waals surface area contributed by atoms with E-state index in [0.29, 0.717) is 24.3 Å². The maximum Gasteiger partial charge on any atom is 0.416 e. The summed E-state index contributed by atoms with van der Waals surface area (Å²) in [6.07, 6.45) is -4.81. The quantitative estimate of drug-likeness (QED) is 0.753. The van der Waals surface area contributed by atoms with E-state index >= 15 is 0 Å². The van der Waals surface area contributed by atoms with Gasteiger partial charge in [-0.15, -0.1) is 0 Å². The number of hydrogen-bond donors (Lipinski definition) is 0. The molecule has 5 nitrogen and oxygen atoms in total. The predicted molar refractivity (Wildman–Crippen MR) is 89.1 cm³/mol. The third-order valence-electron chi connectivity index (χ3n) is 4.06. The Kier molecular flexibility index (Phi) is 4.24. The van der Waals surface area contributed by atoms with Crippen LogP contribution < -0.4 is 0 Å². The summed E-state index contributed by atoms with van der Waals surface area (Å²) in [6.45, 7) is 6.01. The van der Waals surface area contributed by atoms with E-state index in [4.69, 9.17) is 4.74 Å². The van der Waals surface area contributed by atoms with Crippen molar-refractivity contribution in [3.05, 3.63) is 41.1 Å². The first-order valence-corrected chi connectivity index (χ1v) is 8.16. The van der Waals surface area contributed by atoms with E-state index < -0.39 is 23.4 Å². The molecule has 140 valence electrons. The molecule has 0 atom stereocenters. The van der Waals surface area contributed by atoms with Gasteiger partial charge in [-0.2, -0.15) is 18.3 Å². The highest BCUT2D eigenvalue weighted by molar-refractivity contribution is 5.72. The maximum atomic E-state index is 12.8. The third-order valence-corrected chi connectivity index (χ3v) is 4.06. The minimum Gasteiger partial charge on any atom is -0.444 e. The highest BCUT2D eigenvalue weighted by Gasteiger charge is 2.33. The van der Waals surface area contributed by atoms with Gasteiger partial charge in [0.1, 0.15) is 5.60 Å². The molecule has 0 radical (unpaired) electrons. The molecule has 0 spiro atoms. The number of ether oxygens (including phenoxy) is 1. The number of alkyl halides is 3. The number of rotatable bonds is 1. The second-order valence-electron chi connectivity index (χ2n) is 7.31. The topological polar surface area (TPSA) is 47.4 Å². The van der Waals surface area contributed by atoms with Crippen LogP contribution in [0.3, 0.4) is 0 Å². The highest BCUT2D eigenvalue weighted by Crippen LogP contribution is 2.35. The number of benzene rings is 1. The lowest BCUT2D eigenvalue weighted by molar-refractivity contribution is -0.137. The Morgan fingerprint density at radius 2 is 1.73 bits per heavy atom. The lowest BCUT2D eigenvalue weighted by atomic mass is 10.0. The zero-order valence-corrected chi connectivity index (χ0v) is 15.0. The van der Waals surface area contributed by atoms with E-state index in [1.165, 1.54) is 17.0 Å². The number of amides is 1. The smallest absolute Gasteiger partial charge is 0.416 e. The SMILES string of the molecule is Cn1nc2c(c1-c1ccc(C(F)(F)F)cc1)CN(C(=O)OC(C)(C)C)C2. The summed E-state index contributed by atoms with van der Waals surface area (Å²) in [6, 6.07) is 4.96. The Morgan fingerprint density at radius 1 is 1.12 bits per heavy atom. The molecule has 2 heterocycles. The van der Waals surface area contributed by atoms with Crippen LogP contribution in [0.15, 0.2) is 24.3 Å². The molecule has 0 saturated carbocycles. The van der Waals surface area contributed by atoms with E-state index in [-0.39, 0.29) is 0 Å². The van der Waals surface area contributed by atoms with Crippen LogP contribution in [-0.4, -0.2) is 26.4 Å². The fourth-order valence-corrected chi connectivity index (χ4v) is 2.98. The zero-order valence-electron chi connectivity index (χ0n) is 15.0. The fraction of sp³-hybridized carbons (Fsp3) is 0.444. The number of aryl methyl sites for hydroxylation is 1. The van der Waals surface area contributed by atoms with Crippen LogP contribution in [0.4, 0.5) is 18.0 Å². The molecule has 0 unspecified atom stereocenters. The first-order valence-electron chi connectivity index (χ1n) is 8.16. The highest BCUT2D eigenvalue weighted by atomic mass is 19.4. The van der Waals surface area contributed by atoms with Gasteiger partial charge in [0.05, 0.1) is 30.0 Å². The van der Waals surface area contributed by atoms with Crippen LogP contribution in [0.25, 0.3) is 11.3 Å². The molecule has 1 aliphatic rings. The number of fused-ring (bicyclic) bond motifs is 1. The van der Waals surface area contributed by atoms with Crippen molar-refractivity contribution in [2.45, 2.75) is 45.6 Å². The molecular formula is C18H20F3N3O2. The van der Waals surface area contributed by atoms with Crippen LogP contribution in [0.1, 0.15) is 37.6 Å². The van der Waals surface area contributed by atoms with E-state index in [9.17, 15) is 18.0 Å². The van der Waals surface area contributed by atoms with Gasteiger partial charge in [-0.25, -0.2) is 4.79 Å². The molecule has 0 aliphatic carbocycles. The Labute approximate surface area is 149 Å². The monoisotopic (exact) mass is 367 g/mol. The van der Waals surface area contributed by atoms with Crippen LogP contribution in [0, 0.1) is 0 Å². The summed E-state index contributed by atoms with van der Waals surface area (Å²) in [5.41, 5.74) is 1.60. The summed E-state index contributed by atoms with van der Waals surface area (Å²) < 4.78 is 45.3. The second-order valence-corrected chi connectivity index (χ2v) is 7.31. The van der Waals surface area contributed by atoms with Crippen LogP contribution in [0.5, 0.6) is 0 Å². The molecule has 1 aromatic carbocycles. The molecular weight excluding hydrogens is 347 g/mol. The van der Waals surface area contributed by atoms with Crippen LogP contribution >= 0.6 is 0 Å². The first-order chi connectivity index (χ1) is 12.0. The number of carbonyl (C=O) groups excluding carboxylic acids is 1. The van der Waals surface area contributed by atoms with Gasteiger partial charge < -0.3 is 4.74 Å². The van der Waals surface area contributed by atoms with Gasteiger partial charge in [0.15, 0.2) is 0 Å². The molecule has 1 amide bonds. The minimum atomic E-state index is -4.37. The van der Waals surface area contributed by atoms with Gasteiger partial charge in [-0.05, 0) is 32.9 Å². The van der Waals surface area contributed by atoms with Crippen LogP contribution in [0.2, 0.25) is 0 Å². The molecule has 0 saturated heterocycles. The van der Waals surface area contributed by atoms with E-state index in [1.54, 1.807) is 32.5 Å². The summed E-state index contributed by atoms with van der Waals surface area (Å²) in [4.78, 5) is 13.8. The van der Waals surface area contributed by atoms with Crippen molar-refractivity contribution >= 4 is 6.09 Å². The lowest BCUT2D eigenvalue weighted by Gasteiger charge is -2.24. The summed E-state index contributed by atoms with van der Waals surface area (Å²) in [7, 11) is 1.74. The van der Waals surface area contributed by atoms with Crippen molar-refractivity contribution in [2.75, 3.05) is 0 Å². The van der Waals surface area contributed by atoms with Crippen molar-refractivity contribution in [1.29, 1.82) is 0 Å². The van der Waals surface area contributed by atoms with E-state index in [1.807, 2.05) is 0 Å². The molecule has 26 heavy (non-hydrogen) atoms. The number of halogens is 3. The number of hydrogen-bond acceptors (Lipinski definition) is 3. The standard InChI is InChI=1S/C18H20F3N3O2/c1-17(2,3)26-16(25)24-9-13-14(10-24)22-23(4)15(13)11-5-7-12(8-6-11)18(19,20)21/h5-8H,9-10H2,1-4H3. The number of nitrogens with zero attached hydrogens (tertiary/aromatic N) is 3. The van der Waals surface area contributed by atoms with Gasteiger partial charge >= 0.3 is 12.3 Å². The Hall–Kier alpha value is -2.51. The largest absolute Gasteiger partial charge is 0.444 e. The summed E-state index contributed by atoms with van der Waals surface area (Å²) in [5, 5.41) is 4.41. The molecule has 1 aromatic heterocycles. The molecule has 1 aliphatic heterocycles. The van der Waals surface area contributed by atoms with Gasteiger partial charge in [0.2, 0.25) is 0 Å². The van der Waals surface area contributed by atoms with Crippen molar-refractivity contribution in [1.82, 2.24) is 14.7 Å².